The predicted molar refractivity (Wildman–Crippen MR) is 114 cm³/mol. The first-order valence-corrected chi connectivity index (χ1v) is 10.6. The summed E-state index contributed by atoms with van der Waals surface area (Å²) in [6, 6.07) is 12.0. The van der Waals surface area contributed by atoms with Crippen LogP contribution in [-0.2, 0) is 16.1 Å². The third-order valence-electron chi connectivity index (χ3n) is 4.53. The van der Waals surface area contributed by atoms with E-state index in [-0.39, 0.29) is 23.2 Å². The molecule has 0 unspecified atom stereocenters. The van der Waals surface area contributed by atoms with Crippen molar-refractivity contribution in [3.8, 4) is 22.9 Å². The number of aromatic nitrogens is 3. The maximum Gasteiger partial charge on any atom is 0.586 e. The maximum absolute atomic E-state index is 13.2. The SMILES string of the molecule is COCCn1c(SCC(=O)Nc2ccc3c(c2)OC(F)(F)O3)nnc1-c1cccc(C)c1. The Morgan fingerprint density at radius 1 is 1.19 bits per heavy atom. The summed E-state index contributed by atoms with van der Waals surface area (Å²) in [5.74, 6) is 0.174. The standard InChI is InChI=1S/C21H20F2N4O4S/c1-13-4-3-5-14(10-13)19-25-26-20(27(19)8-9-29-2)32-12-18(28)24-15-6-7-16-17(11-15)31-21(22,23)30-16/h3-7,10-11H,8-9,12H2,1-2H3,(H,24,28). The van der Waals surface area contributed by atoms with Crippen LogP contribution in [0.1, 0.15) is 5.56 Å². The van der Waals surface area contributed by atoms with Crippen molar-refractivity contribution in [1.82, 2.24) is 14.8 Å². The molecule has 0 bridgehead atoms. The Labute approximate surface area is 186 Å². The van der Waals surface area contributed by atoms with Gasteiger partial charge in [0.05, 0.1) is 18.9 Å². The van der Waals surface area contributed by atoms with Crippen LogP contribution in [-0.4, -0.2) is 46.4 Å². The molecule has 0 atom stereocenters. The maximum atomic E-state index is 13.2. The number of halogens is 2. The van der Waals surface area contributed by atoms with Crippen LogP contribution in [0.15, 0.2) is 47.6 Å². The third-order valence-corrected chi connectivity index (χ3v) is 5.50. The van der Waals surface area contributed by atoms with Gasteiger partial charge in [-0.15, -0.1) is 19.0 Å². The van der Waals surface area contributed by atoms with Crippen molar-refractivity contribution in [2.24, 2.45) is 0 Å². The molecule has 3 aromatic rings. The fourth-order valence-electron chi connectivity index (χ4n) is 3.13. The number of nitrogens with one attached hydrogen (secondary N) is 1. The van der Waals surface area contributed by atoms with Crippen molar-refractivity contribution >= 4 is 23.4 Å². The summed E-state index contributed by atoms with van der Waals surface area (Å²) in [5.41, 5.74) is 2.33. The fraction of sp³-hybridized carbons (Fsp3) is 0.286. The summed E-state index contributed by atoms with van der Waals surface area (Å²) < 4.78 is 42.2. The number of benzene rings is 2. The number of aryl methyl sites for hydroxylation is 1. The smallest absolute Gasteiger partial charge is 0.395 e. The van der Waals surface area contributed by atoms with E-state index in [4.69, 9.17) is 4.74 Å². The Hall–Kier alpha value is -3.18. The molecule has 32 heavy (non-hydrogen) atoms. The number of ether oxygens (including phenoxy) is 3. The Kier molecular flexibility index (Phi) is 6.28. The molecule has 0 saturated heterocycles. The topological polar surface area (TPSA) is 87.5 Å². The van der Waals surface area contributed by atoms with Gasteiger partial charge in [0.1, 0.15) is 0 Å². The van der Waals surface area contributed by atoms with Crippen molar-refractivity contribution in [2.75, 3.05) is 24.8 Å². The zero-order chi connectivity index (χ0) is 22.7. The van der Waals surface area contributed by atoms with E-state index >= 15 is 0 Å². The molecule has 11 heteroatoms. The lowest BCUT2D eigenvalue weighted by molar-refractivity contribution is -0.286. The molecule has 0 fully saturated rings. The number of nitrogens with zero attached hydrogens (tertiary/aromatic N) is 3. The Morgan fingerprint density at radius 2 is 2.00 bits per heavy atom. The van der Waals surface area contributed by atoms with Crippen molar-refractivity contribution in [3.05, 3.63) is 48.0 Å². The lowest BCUT2D eigenvalue weighted by Gasteiger charge is -2.10. The fourth-order valence-corrected chi connectivity index (χ4v) is 3.90. The van der Waals surface area contributed by atoms with Crippen LogP contribution in [0.4, 0.5) is 14.5 Å². The van der Waals surface area contributed by atoms with Crippen LogP contribution < -0.4 is 14.8 Å². The van der Waals surface area contributed by atoms with Gasteiger partial charge in [0.2, 0.25) is 5.91 Å². The Morgan fingerprint density at radius 3 is 2.78 bits per heavy atom. The quantitative estimate of drug-likeness (QED) is 0.507. The lowest BCUT2D eigenvalue weighted by atomic mass is 10.1. The lowest BCUT2D eigenvalue weighted by Crippen LogP contribution is -2.25. The predicted octanol–water partition coefficient (Wildman–Crippen LogP) is 3.95. The van der Waals surface area contributed by atoms with E-state index in [1.807, 2.05) is 35.8 Å². The van der Waals surface area contributed by atoms with Gasteiger partial charge in [-0.2, -0.15) is 0 Å². The van der Waals surface area contributed by atoms with Crippen LogP contribution in [0.2, 0.25) is 0 Å². The highest BCUT2D eigenvalue weighted by molar-refractivity contribution is 7.99. The summed E-state index contributed by atoms with van der Waals surface area (Å²) in [6.45, 7) is 2.97. The minimum atomic E-state index is -3.71. The number of methoxy groups -OCH3 is 1. The van der Waals surface area contributed by atoms with Gasteiger partial charge in [-0.05, 0) is 25.1 Å². The van der Waals surface area contributed by atoms with E-state index in [9.17, 15) is 13.6 Å². The van der Waals surface area contributed by atoms with Gasteiger partial charge < -0.3 is 19.5 Å². The highest BCUT2D eigenvalue weighted by Crippen LogP contribution is 2.42. The van der Waals surface area contributed by atoms with Crippen LogP contribution in [0, 0.1) is 6.92 Å². The molecule has 1 aromatic heterocycles. The van der Waals surface area contributed by atoms with E-state index in [2.05, 4.69) is 25.0 Å². The van der Waals surface area contributed by atoms with Crippen molar-refractivity contribution in [1.29, 1.82) is 0 Å². The summed E-state index contributed by atoms with van der Waals surface area (Å²) in [7, 11) is 1.61. The number of anilines is 1. The first kappa shape index (κ1) is 22.0. The molecule has 1 N–H and O–H groups in total. The molecule has 2 aromatic carbocycles. The second-order valence-corrected chi connectivity index (χ2v) is 7.93. The summed E-state index contributed by atoms with van der Waals surface area (Å²) in [4.78, 5) is 12.4. The molecule has 0 aliphatic carbocycles. The molecule has 0 spiro atoms. The molecule has 0 radical (unpaired) electrons. The van der Waals surface area contributed by atoms with Gasteiger partial charge in [0.15, 0.2) is 22.5 Å². The van der Waals surface area contributed by atoms with Crippen LogP contribution in [0.25, 0.3) is 11.4 Å². The summed E-state index contributed by atoms with van der Waals surface area (Å²) in [5, 5.41) is 11.8. The normalized spacial score (nSPS) is 13.9. The number of amides is 1. The average molecular weight is 462 g/mol. The molecule has 0 saturated carbocycles. The molecule has 2 heterocycles. The second kappa shape index (κ2) is 9.13. The van der Waals surface area contributed by atoms with Crippen LogP contribution >= 0.6 is 11.8 Å². The molecular weight excluding hydrogens is 442 g/mol. The van der Waals surface area contributed by atoms with Crippen LogP contribution in [0.5, 0.6) is 11.5 Å². The minimum Gasteiger partial charge on any atom is -0.395 e. The molecule has 1 amide bonds. The number of hydrogen-bond donors (Lipinski definition) is 1. The molecule has 168 valence electrons. The van der Waals surface area contributed by atoms with Crippen molar-refractivity contribution < 1.29 is 27.8 Å². The monoisotopic (exact) mass is 462 g/mol. The first-order valence-electron chi connectivity index (χ1n) is 9.66. The van der Waals surface area contributed by atoms with E-state index < -0.39 is 6.29 Å². The number of carbonyl (C=O) groups is 1. The molecule has 4 rings (SSSR count). The second-order valence-electron chi connectivity index (χ2n) is 6.99. The number of alkyl halides is 2. The van der Waals surface area contributed by atoms with Gasteiger partial charge in [-0.3, -0.25) is 9.36 Å². The highest BCUT2D eigenvalue weighted by Gasteiger charge is 2.43. The van der Waals surface area contributed by atoms with Gasteiger partial charge >= 0.3 is 6.29 Å². The summed E-state index contributed by atoms with van der Waals surface area (Å²) >= 11 is 1.22. The molecule has 1 aliphatic rings. The van der Waals surface area contributed by atoms with Crippen LogP contribution in [0.3, 0.4) is 0 Å². The zero-order valence-electron chi connectivity index (χ0n) is 17.3. The minimum absolute atomic E-state index is 0.0452. The first-order chi connectivity index (χ1) is 15.3. The van der Waals surface area contributed by atoms with E-state index in [0.29, 0.717) is 29.8 Å². The highest BCUT2D eigenvalue weighted by atomic mass is 32.2. The van der Waals surface area contributed by atoms with E-state index in [1.165, 1.54) is 30.0 Å². The van der Waals surface area contributed by atoms with E-state index in [1.54, 1.807) is 7.11 Å². The van der Waals surface area contributed by atoms with Crippen molar-refractivity contribution in [2.45, 2.75) is 24.9 Å². The average Bonchev–Trinajstić information content (AvgIpc) is 3.29. The summed E-state index contributed by atoms with van der Waals surface area (Å²) in [6.07, 6.45) is -3.71. The van der Waals surface area contributed by atoms with Gasteiger partial charge in [-0.25, -0.2) is 0 Å². The number of thioether (sulfide) groups is 1. The largest absolute Gasteiger partial charge is 0.586 e. The Balaban J connectivity index is 1.44. The number of carbonyl (C=O) groups excluding carboxylic acids is 1. The number of rotatable bonds is 8. The zero-order valence-corrected chi connectivity index (χ0v) is 18.1. The third kappa shape index (κ3) is 5.00. The number of fused-ring (bicyclic) bond motifs is 1. The molecule has 1 aliphatic heterocycles. The molecular formula is C21H20F2N4O4S. The van der Waals surface area contributed by atoms with Gasteiger partial charge in [-0.1, -0.05) is 35.5 Å². The van der Waals surface area contributed by atoms with E-state index in [0.717, 1.165) is 11.1 Å². The number of hydrogen-bond acceptors (Lipinski definition) is 7. The molecule has 8 nitrogen and oxygen atoms in total. The van der Waals surface area contributed by atoms with Gasteiger partial charge in [0.25, 0.3) is 0 Å². The van der Waals surface area contributed by atoms with Gasteiger partial charge in [0, 0.05) is 24.4 Å². The Bertz CT molecular complexity index is 1140. The van der Waals surface area contributed by atoms with Crippen molar-refractivity contribution in [3.63, 3.8) is 0 Å².